The number of carbonyl (C=O) groups excluding carboxylic acids is 1. The third kappa shape index (κ3) is 6.70. The maximum absolute atomic E-state index is 12.1. The number of carbonyl (C=O) groups is 1. The van der Waals surface area contributed by atoms with Gasteiger partial charge in [0.05, 0.1) is 12.3 Å². The van der Waals surface area contributed by atoms with E-state index in [0.717, 1.165) is 27.9 Å². The van der Waals surface area contributed by atoms with Gasteiger partial charge >= 0.3 is 5.97 Å². The van der Waals surface area contributed by atoms with E-state index in [1.807, 2.05) is 73.0 Å². The number of thiophene rings is 1. The molecule has 5 nitrogen and oxygen atoms in total. The van der Waals surface area contributed by atoms with Crippen LogP contribution in [0.15, 0.2) is 83.7 Å². The SMILES string of the molecule is CCOC(=O)CCC(Oc1cc(OCc2ccsc2)ccc1-c1ccccn1)c1ccccc1C. The van der Waals surface area contributed by atoms with E-state index < -0.39 is 0 Å². The van der Waals surface area contributed by atoms with Crippen LogP contribution >= 0.6 is 11.3 Å². The van der Waals surface area contributed by atoms with Crippen molar-refractivity contribution in [2.45, 2.75) is 39.4 Å². The van der Waals surface area contributed by atoms with Crippen LogP contribution in [0.5, 0.6) is 11.5 Å². The van der Waals surface area contributed by atoms with Gasteiger partial charge in [0, 0.05) is 24.2 Å². The van der Waals surface area contributed by atoms with E-state index in [4.69, 9.17) is 14.2 Å². The minimum atomic E-state index is -0.338. The number of pyridine rings is 1. The van der Waals surface area contributed by atoms with Crippen molar-refractivity contribution in [2.75, 3.05) is 6.61 Å². The number of aryl methyl sites for hydroxylation is 1. The van der Waals surface area contributed by atoms with Crippen LogP contribution in [0.25, 0.3) is 11.3 Å². The van der Waals surface area contributed by atoms with E-state index in [1.165, 1.54) is 0 Å². The van der Waals surface area contributed by atoms with E-state index in [9.17, 15) is 4.79 Å². The Balaban J connectivity index is 1.66. The van der Waals surface area contributed by atoms with Crippen molar-refractivity contribution in [1.82, 2.24) is 4.98 Å². The molecule has 0 saturated heterocycles. The molecule has 0 saturated carbocycles. The van der Waals surface area contributed by atoms with Crippen LogP contribution in [-0.2, 0) is 16.1 Å². The predicted molar refractivity (Wildman–Crippen MR) is 139 cm³/mol. The molecule has 180 valence electrons. The fraction of sp³-hybridized carbons (Fsp3) is 0.241. The van der Waals surface area contributed by atoms with Crippen molar-refractivity contribution < 1.29 is 19.0 Å². The summed E-state index contributed by atoms with van der Waals surface area (Å²) >= 11 is 1.65. The third-order valence-electron chi connectivity index (χ3n) is 5.60. The molecule has 35 heavy (non-hydrogen) atoms. The highest BCUT2D eigenvalue weighted by molar-refractivity contribution is 7.07. The molecular weight excluding hydrogens is 458 g/mol. The molecule has 2 aromatic heterocycles. The molecular formula is C29H29NO4S. The Labute approximate surface area is 210 Å². The van der Waals surface area contributed by atoms with E-state index in [1.54, 1.807) is 17.5 Å². The van der Waals surface area contributed by atoms with Gasteiger partial charge in [0.25, 0.3) is 0 Å². The van der Waals surface area contributed by atoms with Crippen LogP contribution in [-0.4, -0.2) is 17.6 Å². The second-order valence-corrected chi connectivity index (χ2v) is 8.88. The molecule has 0 fully saturated rings. The summed E-state index contributed by atoms with van der Waals surface area (Å²) < 4.78 is 17.9. The fourth-order valence-electron chi connectivity index (χ4n) is 3.83. The van der Waals surface area contributed by atoms with Gasteiger partial charge in [-0.2, -0.15) is 11.3 Å². The van der Waals surface area contributed by atoms with E-state index in [2.05, 4.69) is 23.4 Å². The Hall–Kier alpha value is -3.64. The minimum absolute atomic E-state index is 0.229. The largest absolute Gasteiger partial charge is 0.489 e. The molecule has 0 aliphatic heterocycles. The maximum Gasteiger partial charge on any atom is 0.305 e. The summed E-state index contributed by atoms with van der Waals surface area (Å²) in [4.78, 5) is 16.7. The first-order chi connectivity index (χ1) is 17.1. The number of rotatable bonds is 11. The summed E-state index contributed by atoms with van der Waals surface area (Å²) in [5.74, 6) is 1.14. The molecule has 0 aliphatic rings. The molecule has 0 spiro atoms. The van der Waals surface area contributed by atoms with Crippen LogP contribution in [0.2, 0.25) is 0 Å². The topological polar surface area (TPSA) is 57.7 Å². The molecule has 1 atom stereocenters. The van der Waals surface area contributed by atoms with Crippen LogP contribution in [0.1, 0.15) is 42.6 Å². The first-order valence-electron chi connectivity index (χ1n) is 11.7. The monoisotopic (exact) mass is 487 g/mol. The highest BCUT2D eigenvalue weighted by Crippen LogP contribution is 2.37. The number of aromatic nitrogens is 1. The molecule has 0 N–H and O–H groups in total. The van der Waals surface area contributed by atoms with E-state index >= 15 is 0 Å². The Morgan fingerprint density at radius 1 is 1.06 bits per heavy atom. The zero-order valence-electron chi connectivity index (χ0n) is 20.0. The second-order valence-electron chi connectivity index (χ2n) is 8.10. The van der Waals surface area contributed by atoms with Crippen molar-refractivity contribution in [3.63, 3.8) is 0 Å². The highest BCUT2D eigenvalue weighted by Gasteiger charge is 2.21. The maximum atomic E-state index is 12.1. The van der Waals surface area contributed by atoms with Gasteiger partial charge < -0.3 is 14.2 Å². The number of esters is 1. The second kappa shape index (κ2) is 12.2. The first-order valence-corrected chi connectivity index (χ1v) is 12.7. The average molecular weight is 488 g/mol. The standard InChI is InChI=1S/C29H29NO4S/c1-3-32-29(31)14-13-27(24-9-5-4-8-21(24)2)34-28-18-23(33-19-22-15-17-35-20-22)11-12-25(28)26-10-6-7-16-30-26/h4-12,15-18,20,27H,3,13-14,19H2,1-2H3. The number of ether oxygens (including phenoxy) is 3. The van der Waals surface area contributed by atoms with Crippen molar-refractivity contribution in [2.24, 2.45) is 0 Å². The lowest BCUT2D eigenvalue weighted by atomic mass is 9.99. The van der Waals surface area contributed by atoms with Gasteiger partial charge in [0.2, 0.25) is 0 Å². The normalized spacial score (nSPS) is 11.6. The Morgan fingerprint density at radius 3 is 2.66 bits per heavy atom. The number of hydrogen-bond acceptors (Lipinski definition) is 6. The highest BCUT2D eigenvalue weighted by atomic mass is 32.1. The molecule has 1 unspecified atom stereocenters. The molecule has 0 amide bonds. The zero-order valence-corrected chi connectivity index (χ0v) is 20.8. The third-order valence-corrected chi connectivity index (χ3v) is 6.33. The molecule has 4 rings (SSSR count). The molecule has 0 aliphatic carbocycles. The van der Waals surface area contributed by atoms with Gasteiger partial charge in [-0.15, -0.1) is 0 Å². The van der Waals surface area contributed by atoms with Crippen molar-refractivity contribution in [3.8, 4) is 22.8 Å². The number of nitrogens with zero attached hydrogens (tertiary/aromatic N) is 1. The Morgan fingerprint density at radius 2 is 1.91 bits per heavy atom. The fourth-order valence-corrected chi connectivity index (χ4v) is 4.48. The molecule has 0 bridgehead atoms. The van der Waals surface area contributed by atoms with Gasteiger partial charge in [-0.25, -0.2) is 0 Å². The van der Waals surface area contributed by atoms with Crippen LogP contribution < -0.4 is 9.47 Å². The van der Waals surface area contributed by atoms with Crippen LogP contribution in [0.3, 0.4) is 0 Å². The number of hydrogen-bond donors (Lipinski definition) is 0. The molecule has 6 heteroatoms. The summed E-state index contributed by atoms with van der Waals surface area (Å²) in [6.45, 7) is 4.71. The lowest BCUT2D eigenvalue weighted by molar-refractivity contribution is -0.143. The predicted octanol–water partition coefficient (Wildman–Crippen LogP) is 7.16. The lowest BCUT2D eigenvalue weighted by Gasteiger charge is -2.23. The van der Waals surface area contributed by atoms with Gasteiger partial charge in [0.1, 0.15) is 24.2 Å². The number of benzene rings is 2. The van der Waals surface area contributed by atoms with Gasteiger partial charge in [-0.05, 0) is 78.1 Å². The Kier molecular flexibility index (Phi) is 8.52. The van der Waals surface area contributed by atoms with Gasteiger partial charge in [-0.1, -0.05) is 30.3 Å². The first kappa shape index (κ1) is 24.5. The lowest BCUT2D eigenvalue weighted by Crippen LogP contribution is -2.13. The summed E-state index contributed by atoms with van der Waals surface area (Å²) in [5, 5.41) is 4.11. The summed E-state index contributed by atoms with van der Waals surface area (Å²) in [6.07, 6.45) is 2.18. The summed E-state index contributed by atoms with van der Waals surface area (Å²) in [6, 6.07) is 21.7. The molecule has 2 aromatic carbocycles. The van der Waals surface area contributed by atoms with Crippen LogP contribution in [0, 0.1) is 6.92 Å². The van der Waals surface area contributed by atoms with Crippen LogP contribution in [0.4, 0.5) is 0 Å². The zero-order chi connectivity index (χ0) is 24.5. The molecule has 4 aromatic rings. The molecule has 2 heterocycles. The van der Waals surface area contributed by atoms with Crippen molar-refractivity contribution in [3.05, 3.63) is 100 Å². The minimum Gasteiger partial charge on any atom is -0.489 e. The average Bonchev–Trinajstić information content (AvgIpc) is 3.40. The van der Waals surface area contributed by atoms with Crippen molar-refractivity contribution in [1.29, 1.82) is 0 Å². The molecule has 0 radical (unpaired) electrons. The van der Waals surface area contributed by atoms with E-state index in [0.29, 0.717) is 31.1 Å². The van der Waals surface area contributed by atoms with Gasteiger partial charge in [0.15, 0.2) is 0 Å². The van der Waals surface area contributed by atoms with Crippen molar-refractivity contribution >= 4 is 17.3 Å². The van der Waals surface area contributed by atoms with Gasteiger partial charge in [-0.3, -0.25) is 9.78 Å². The quantitative estimate of drug-likeness (QED) is 0.210. The summed E-state index contributed by atoms with van der Waals surface area (Å²) in [7, 11) is 0. The summed E-state index contributed by atoms with van der Waals surface area (Å²) in [5.41, 5.74) is 4.93. The van der Waals surface area contributed by atoms with E-state index in [-0.39, 0.29) is 18.5 Å². The smallest absolute Gasteiger partial charge is 0.305 e. The Bertz CT molecular complexity index is 1220.